The second-order valence-electron chi connectivity index (χ2n) is 8.96. The van der Waals surface area contributed by atoms with Crippen molar-refractivity contribution in [3.8, 4) is 0 Å². The van der Waals surface area contributed by atoms with Crippen molar-refractivity contribution in [3.05, 3.63) is 77.9 Å². The number of hydrogen-bond donors (Lipinski definition) is 2. The first kappa shape index (κ1) is 23.4. The van der Waals surface area contributed by atoms with Gasteiger partial charge in [-0.15, -0.1) is 0 Å². The van der Waals surface area contributed by atoms with Gasteiger partial charge in [-0.2, -0.15) is 0 Å². The van der Waals surface area contributed by atoms with Crippen molar-refractivity contribution in [2.45, 2.75) is 26.2 Å². The zero-order chi connectivity index (χ0) is 24.2. The van der Waals surface area contributed by atoms with E-state index in [1.165, 1.54) is 0 Å². The van der Waals surface area contributed by atoms with E-state index in [9.17, 15) is 9.59 Å². The summed E-state index contributed by atoms with van der Waals surface area (Å²) < 4.78 is 0. The largest absolute Gasteiger partial charge is 0.378 e. The average molecular weight is 457 g/mol. The monoisotopic (exact) mass is 456 g/mol. The van der Waals surface area contributed by atoms with Crippen molar-refractivity contribution in [1.29, 1.82) is 0 Å². The minimum atomic E-state index is -0.128. The van der Waals surface area contributed by atoms with Crippen LogP contribution in [0, 0.1) is 5.92 Å². The molecule has 4 rings (SSSR count). The number of aryl methyl sites for hydroxylation is 1. The summed E-state index contributed by atoms with van der Waals surface area (Å²) in [6, 6.07) is 21.4. The lowest BCUT2D eigenvalue weighted by molar-refractivity contribution is -0.117. The third-order valence-electron chi connectivity index (χ3n) is 6.20. The molecule has 2 N–H and O–H groups in total. The predicted octanol–water partition coefficient (Wildman–Crippen LogP) is 5.68. The third-order valence-corrected chi connectivity index (χ3v) is 6.20. The van der Waals surface area contributed by atoms with Crippen LogP contribution in [0.2, 0.25) is 0 Å². The highest BCUT2D eigenvalue weighted by Crippen LogP contribution is 2.32. The lowest BCUT2D eigenvalue weighted by atomic mass is 10.1. The summed E-state index contributed by atoms with van der Waals surface area (Å²) in [4.78, 5) is 28.8. The molecule has 0 bridgehead atoms. The zero-order valence-electron chi connectivity index (χ0n) is 20.3. The first-order valence-electron chi connectivity index (χ1n) is 11.7. The topological polar surface area (TPSA) is 64.7 Å². The summed E-state index contributed by atoms with van der Waals surface area (Å²) in [5, 5.41) is 6.00. The maximum atomic E-state index is 12.7. The van der Waals surface area contributed by atoms with E-state index in [2.05, 4.69) is 22.5 Å². The molecule has 0 atom stereocenters. The number of amides is 2. The van der Waals surface area contributed by atoms with Gasteiger partial charge in [0.2, 0.25) is 5.91 Å². The molecule has 0 aromatic heterocycles. The fourth-order valence-corrected chi connectivity index (χ4v) is 3.89. The number of nitrogens with zero attached hydrogens (tertiary/aromatic N) is 2. The number of rotatable bonds is 8. The summed E-state index contributed by atoms with van der Waals surface area (Å²) >= 11 is 0. The van der Waals surface area contributed by atoms with Crippen LogP contribution in [0.3, 0.4) is 0 Å². The Morgan fingerprint density at radius 1 is 0.824 bits per heavy atom. The molecule has 34 heavy (non-hydrogen) atoms. The lowest BCUT2D eigenvalue weighted by Crippen LogP contribution is -2.15. The second kappa shape index (κ2) is 10.00. The van der Waals surface area contributed by atoms with Crippen LogP contribution in [-0.2, 0) is 11.2 Å². The molecular formula is C28H32N4O2. The van der Waals surface area contributed by atoms with E-state index < -0.39 is 0 Å². The molecule has 0 spiro atoms. The standard InChI is InChI=1S/C28H32N4O2/c1-5-19-18-23(30-28(34)21-8-13-24(14-9-21)31(2)3)12-17-26(19)32(4)25-15-10-22(11-16-25)29-27(33)20-6-7-20/h8-18,20H,5-7H2,1-4H3,(H,29,33)(H,30,34). The van der Waals surface area contributed by atoms with Gasteiger partial charge in [0.25, 0.3) is 5.91 Å². The van der Waals surface area contributed by atoms with Crippen LogP contribution in [0.4, 0.5) is 28.4 Å². The molecule has 6 heteroatoms. The molecule has 0 unspecified atom stereocenters. The molecule has 176 valence electrons. The Labute approximate surface area is 201 Å². The van der Waals surface area contributed by atoms with Gasteiger partial charge in [-0.25, -0.2) is 0 Å². The SMILES string of the molecule is CCc1cc(NC(=O)c2ccc(N(C)C)cc2)ccc1N(C)c1ccc(NC(=O)C2CC2)cc1. The molecule has 6 nitrogen and oxygen atoms in total. The Balaban J connectivity index is 1.45. The molecule has 3 aromatic rings. The number of nitrogens with one attached hydrogen (secondary N) is 2. The van der Waals surface area contributed by atoms with E-state index in [1.807, 2.05) is 92.8 Å². The first-order chi connectivity index (χ1) is 16.4. The Bertz CT molecular complexity index is 1170. The highest BCUT2D eigenvalue weighted by atomic mass is 16.2. The van der Waals surface area contributed by atoms with Gasteiger partial charge in [0.1, 0.15) is 0 Å². The molecule has 0 heterocycles. The van der Waals surface area contributed by atoms with Crippen LogP contribution in [0.1, 0.15) is 35.7 Å². The Kier molecular flexibility index (Phi) is 6.87. The number of anilines is 5. The number of benzene rings is 3. The Hall–Kier alpha value is -3.80. The highest BCUT2D eigenvalue weighted by molar-refractivity contribution is 6.04. The van der Waals surface area contributed by atoms with Gasteiger partial charge in [0, 0.05) is 61.1 Å². The molecule has 1 aliphatic rings. The maximum absolute atomic E-state index is 12.7. The van der Waals surface area contributed by atoms with Gasteiger partial charge in [0.05, 0.1) is 0 Å². The summed E-state index contributed by atoms with van der Waals surface area (Å²) in [5.41, 5.74) is 6.50. The Morgan fingerprint density at radius 3 is 2.03 bits per heavy atom. The van der Waals surface area contributed by atoms with Crippen LogP contribution < -0.4 is 20.4 Å². The van der Waals surface area contributed by atoms with E-state index in [0.717, 1.165) is 53.3 Å². The number of carbonyl (C=O) groups excluding carboxylic acids is 2. The van der Waals surface area contributed by atoms with Crippen LogP contribution in [0.25, 0.3) is 0 Å². The molecule has 1 saturated carbocycles. The normalized spacial score (nSPS) is 12.7. The number of hydrogen-bond acceptors (Lipinski definition) is 4. The summed E-state index contributed by atoms with van der Waals surface area (Å²) in [6.07, 6.45) is 2.81. The molecule has 3 aromatic carbocycles. The second-order valence-corrected chi connectivity index (χ2v) is 8.96. The molecular weight excluding hydrogens is 424 g/mol. The van der Waals surface area contributed by atoms with Gasteiger partial charge < -0.3 is 20.4 Å². The lowest BCUT2D eigenvalue weighted by Gasteiger charge is -2.23. The van der Waals surface area contributed by atoms with E-state index in [1.54, 1.807) is 0 Å². The van der Waals surface area contributed by atoms with Gasteiger partial charge in [0.15, 0.2) is 0 Å². The van der Waals surface area contributed by atoms with Crippen molar-refractivity contribution in [2.75, 3.05) is 41.6 Å². The van der Waals surface area contributed by atoms with Crippen molar-refractivity contribution >= 4 is 40.3 Å². The molecule has 0 radical (unpaired) electrons. The van der Waals surface area contributed by atoms with Crippen LogP contribution in [0.15, 0.2) is 66.7 Å². The Morgan fingerprint density at radius 2 is 1.44 bits per heavy atom. The zero-order valence-corrected chi connectivity index (χ0v) is 20.3. The smallest absolute Gasteiger partial charge is 0.255 e. The minimum Gasteiger partial charge on any atom is -0.378 e. The predicted molar refractivity (Wildman–Crippen MR) is 140 cm³/mol. The van der Waals surface area contributed by atoms with Crippen molar-refractivity contribution in [3.63, 3.8) is 0 Å². The fraction of sp³-hybridized carbons (Fsp3) is 0.286. The summed E-state index contributed by atoms with van der Waals surface area (Å²) in [6.45, 7) is 2.11. The number of carbonyl (C=O) groups is 2. The van der Waals surface area contributed by atoms with Crippen LogP contribution in [-0.4, -0.2) is 33.0 Å². The van der Waals surface area contributed by atoms with Crippen molar-refractivity contribution in [2.24, 2.45) is 5.92 Å². The van der Waals surface area contributed by atoms with E-state index >= 15 is 0 Å². The van der Waals surface area contributed by atoms with E-state index in [0.29, 0.717) is 5.56 Å². The molecule has 1 fully saturated rings. The van der Waals surface area contributed by atoms with Crippen LogP contribution in [0.5, 0.6) is 0 Å². The third kappa shape index (κ3) is 5.39. The summed E-state index contributed by atoms with van der Waals surface area (Å²) in [5.74, 6) is 0.170. The van der Waals surface area contributed by atoms with E-state index in [-0.39, 0.29) is 17.7 Å². The van der Waals surface area contributed by atoms with Crippen molar-refractivity contribution in [1.82, 2.24) is 0 Å². The first-order valence-corrected chi connectivity index (χ1v) is 11.7. The molecule has 0 saturated heterocycles. The summed E-state index contributed by atoms with van der Waals surface area (Å²) in [7, 11) is 5.97. The molecule has 2 amide bonds. The fourth-order valence-electron chi connectivity index (χ4n) is 3.89. The van der Waals surface area contributed by atoms with Gasteiger partial charge >= 0.3 is 0 Å². The van der Waals surface area contributed by atoms with Gasteiger partial charge in [-0.3, -0.25) is 9.59 Å². The van der Waals surface area contributed by atoms with E-state index in [4.69, 9.17) is 0 Å². The molecule has 0 aliphatic heterocycles. The van der Waals surface area contributed by atoms with Gasteiger partial charge in [-0.05, 0) is 91.6 Å². The van der Waals surface area contributed by atoms with Gasteiger partial charge in [-0.1, -0.05) is 6.92 Å². The maximum Gasteiger partial charge on any atom is 0.255 e. The molecule has 1 aliphatic carbocycles. The van der Waals surface area contributed by atoms with Crippen molar-refractivity contribution < 1.29 is 9.59 Å². The van der Waals surface area contributed by atoms with Crippen LogP contribution >= 0.6 is 0 Å². The average Bonchev–Trinajstić information content (AvgIpc) is 3.70. The minimum absolute atomic E-state index is 0.112. The quantitative estimate of drug-likeness (QED) is 0.457. The highest BCUT2D eigenvalue weighted by Gasteiger charge is 2.29.